The lowest BCUT2D eigenvalue weighted by atomic mass is 10.0. The van der Waals surface area contributed by atoms with Crippen molar-refractivity contribution in [3.8, 4) is 5.88 Å². The van der Waals surface area contributed by atoms with Gasteiger partial charge in [-0.1, -0.05) is 0 Å². The van der Waals surface area contributed by atoms with Gasteiger partial charge < -0.3 is 15.0 Å². The van der Waals surface area contributed by atoms with Gasteiger partial charge in [-0.05, 0) is 25.0 Å². The van der Waals surface area contributed by atoms with E-state index in [4.69, 9.17) is 4.74 Å². The number of pyridine rings is 1. The molecule has 0 spiro atoms. The third-order valence-corrected chi connectivity index (χ3v) is 3.74. The van der Waals surface area contributed by atoms with Gasteiger partial charge in [0.25, 0.3) is 0 Å². The fraction of sp³-hybridized carbons (Fsp3) is 0.400. The van der Waals surface area contributed by atoms with Crippen LogP contribution in [0, 0.1) is 5.82 Å². The molecular formula is C15H18FN5O. The van der Waals surface area contributed by atoms with Crippen LogP contribution in [-0.4, -0.2) is 41.2 Å². The standard InChI is InChI=1S/C15H18FN5O/c1-22-14-9-13(18-10-19-14)20-11-4-7-21(8-5-11)15-12(16)3-2-6-17-15/h2-3,6,9-11H,4-5,7-8H2,1H3,(H,18,19,20). The van der Waals surface area contributed by atoms with E-state index in [1.807, 2.05) is 4.90 Å². The van der Waals surface area contributed by atoms with Gasteiger partial charge in [0.2, 0.25) is 5.88 Å². The van der Waals surface area contributed by atoms with Gasteiger partial charge >= 0.3 is 0 Å². The molecule has 1 aliphatic rings. The Morgan fingerprint density at radius 2 is 2.09 bits per heavy atom. The number of anilines is 2. The van der Waals surface area contributed by atoms with E-state index in [2.05, 4.69) is 20.3 Å². The number of methoxy groups -OCH3 is 1. The number of nitrogens with zero attached hydrogens (tertiary/aromatic N) is 4. The molecule has 1 fully saturated rings. The van der Waals surface area contributed by atoms with Gasteiger partial charge in [-0.2, -0.15) is 0 Å². The van der Waals surface area contributed by atoms with Crippen molar-refractivity contribution in [3.05, 3.63) is 36.5 Å². The molecule has 0 aromatic carbocycles. The van der Waals surface area contributed by atoms with E-state index in [1.165, 1.54) is 12.4 Å². The second kappa shape index (κ2) is 6.55. The zero-order chi connectivity index (χ0) is 15.4. The van der Waals surface area contributed by atoms with E-state index < -0.39 is 0 Å². The highest BCUT2D eigenvalue weighted by molar-refractivity contribution is 5.42. The minimum absolute atomic E-state index is 0.269. The molecule has 116 valence electrons. The fourth-order valence-corrected chi connectivity index (χ4v) is 2.58. The number of piperidine rings is 1. The van der Waals surface area contributed by atoms with Gasteiger partial charge in [-0.3, -0.25) is 0 Å². The average Bonchev–Trinajstić information content (AvgIpc) is 2.56. The first-order chi connectivity index (χ1) is 10.8. The summed E-state index contributed by atoms with van der Waals surface area (Å²) in [5.74, 6) is 1.44. The second-order valence-corrected chi connectivity index (χ2v) is 5.16. The monoisotopic (exact) mass is 303 g/mol. The Morgan fingerprint density at radius 3 is 2.82 bits per heavy atom. The van der Waals surface area contributed by atoms with Crippen LogP contribution in [0.5, 0.6) is 5.88 Å². The molecule has 22 heavy (non-hydrogen) atoms. The first-order valence-corrected chi connectivity index (χ1v) is 7.24. The molecule has 0 unspecified atom stereocenters. The molecule has 0 amide bonds. The smallest absolute Gasteiger partial charge is 0.218 e. The lowest BCUT2D eigenvalue weighted by Crippen LogP contribution is -2.40. The van der Waals surface area contributed by atoms with Gasteiger partial charge in [0.05, 0.1) is 7.11 Å². The van der Waals surface area contributed by atoms with Crippen molar-refractivity contribution in [3.63, 3.8) is 0 Å². The van der Waals surface area contributed by atoms with Crippen LogP contribution in [0.3, 0.4) is 0 Å². The number of halogens is 1. The Labute approximate surface area is 128 Å². The Balaban J connectivity index is 1.59. The second-order valence-electron chi connectivity index (χ2n) is 5.16. The van der Waals surface area contributed by atoms with E-state index in [1.54, 1.807) is 25.4 Å². The average molecular weight is 303 g/mol. The summed E-state index contributed by atoms with van der Waals surface area (Å²) in [7, 11) is 1.58. The molecule has 1 aliphatic heterocycles. The molecule has 0 aliphatic carbocycles. The minimum Gasteiger partial charge on any atom is -0.481 e. The van der Waals surface area contributed by atoms with E-state index >= 15 is 0 Å². The minimum atomic E-state index is -0.269. The Kier molecular flexibility index (Phi) is 4.32. The molecule has 0 radical (unpaired) electrons. The molecule has 0 bridgehead atoms. The van der Waals surface area contributed by atoms with Crippen LogP contribution in [0.4, 0.5) is 16.0 Å². The van der Waals surface area contributed by atoms with E-state index in [0.717, 1.165) is 31.7 Å². The van der Waals surface area contributed by atoms with Crippen molar-refractivity contribution in [2.24, 2.45) is 0 Å². The summed E-state index contributed by atoms with van der Waals surface area (Å²) < 4.78 is 18.8. The van der Waals surface area contributed by atoms with Crippen LogP contribution in [0.1, 0.15) is 12.8 Å². The van der Waals surface area contributed by atoms with Crippen LogP contribution in [0.15, 0.2) is 30.7 Å². The quantitative estimate of drug-likeness (QED) is 0.933. The lowest BCUT2D eigenvalue weighted by Gasteiger charge is -2.33. The predicted molar refractivity (Wildman–Crippen MR) is 81.6 cm³/mol. The van der Waals surface area contributed by atoms with Crippen LogP contribution in [-0.2, 0) is 0 Å². The van der Waals surface area contributed by atoms with Gasteiger partial charge in [0.1, 0.15) is 12.1 Å². The Morgan fingerprint density at radius 1 is 1.27 bits per heavy atom. The summed E-state index contributed by atoms with van der Waals surface area (Å²) in [5.41, 5.74) is 0. The first kappa shape index (κ1) is 14.5. The van der Waals surface area contributed by atoms with Crippen LogP contribution < -0.4 is 15.0 Å². The van der Waals surface area contributed by atoms with Gasteiger partial charge in [-0.15, -0.1) is 0 Å². The third-order valence-electron chi connectivity index (χ3n) is 3.74. The molecule has 0 saturated carbocycles. The van der Waals surface area contributed by atoms with E-state index in [9.17, 15) is 4.39 Å². The highest BCUT2D eigenvalue weighted by Gasteiger charge is 2.22. The van der Waals surface area contributed by atoms with Crippen LogP contribution in [0.25, 0.3) is 0 Å². The molecule has 2 aromatic rings. The molecule has 0 atom stereocenters. The number of nitrogens with one attached hydrogen (secondary N) is 1. The summed E-state index contributed by atoms with van der Waals surface area (Å²) in [6.07, 6.45) is 4.88. The molecule has 3 heterocycles. The predicted octanol–water partition coefficient (Wildman–Crippen LogP) is 2.10. The van der Waals surface area contributed by atoms with E-state index in [0.29, 0.717) is 17.7 Å². The lowest BCUT2D eigenvalue weighted by molar-refractivity contribution is 0.397. The topological polar surface area (TPSA) is 63.2 Å². The molecule has 2 aromatic heterocycles. The molecule has 3 rings (SSSR count). The summed E-state index contributed by atoms with van der Waals surface area (Å²) in [5, 5.41) is 3.37. The highest BCUT2D eigenvalue weighted by Crippen LogP contribution is 2.22. The van der Waals surface area contributed by atoms with Crippen molar-refractivity contribution in [1.82, 2.24) is 15.0 Å². The molecular weight excluding hydrogens is 285 g/mol. The highest BCUT2D eigenvalue weighted by atomic mass is 19.1. The molecule has 1 N–H and O–H groups in total. The van der Waals surface area contributed by atoms with Crippen molar-refractivity contribution in [2.75, 3.05) is 30.4 Å². The largest absolute Gasteiger partial charge is 0.481 e. The number of hydrogen-bond donors (Lipinski definition) is 1. The van der Waals surface area contributed by atoms with Gasteiger partial charge in [-0.25, -0.2) is 19.3 Å². The summed E-state index contributed by atoms with van der Waals surface area (Å²) in [6.45, 7) is 1.52. The van der Waals surface area contributed by atoms with E-state index in [-0.39, 0.29) is 5.82 Å². The van der Waals surface area contributed by atoms with Gasteiger partial charge in [0, 0.05) is 31.4 Å². The first-order valence-electron chi connectivity index (χ1n) is 7.24. The van der Waals surface area contributed by atoms with Crippen molar-refractivity contribution in [1.29, 1.82) is 0 Å². The van der Waals surface area contributed by atoms with Crippen LogP contribution in [0.2, 0.25) is 0 Å². The summed E-state index contributed by atoms with van der Waals surface area (Å²) in [4.78, 5) is 14.3. The maximum absolute atomic E-state index is 13.8. The van der Waals surface area contributed by atoms with Gasteiger partial charge in [0.15, 0.2) is 11.6 Å². The summed E-state index contributed by atoms with van der Waals surface area (Å²) in [6, 6.07) is 5.11. The van der Waals surface area contributed by atoms with Crippen molar-refractivity contribution < 1.29 is 9.13 Å². The van der Waals surface area contributed by atoms with Crippen molar-refractivity contribution in [2.45, 2.75) is 18.9 Å². The zero-order valence-electron chi connectivity index (χ0n) is 12.4. The maximum Gasteiger partial charge on any atom is 0.218 e. The summed E-state index contributed by atoms with van der Waals surface area (Å²) >= 11 is 0. The number of ether oxygens (including phenoxy) is 1. The normalized spacial score (nSPS) is 15.6. The number of rotatable bonds is 4. The number of aromatic nitrogens is 3. The fourth-order valence-electron chi connectivity index (χ4n) is 2.58. The maximum atomic E-state index is 13.8. The van der Waals surface area contributed by atoms with Crippen molar-refractivity contribution >= 4 is 11.6 Å². The van der Waals surface area contributed by atoms with Crippen LogP contribution >= 0.6 is 0 Å². The molecule has 6 nitrogen and oxygen atoms in total. The molecule has 7 heteroatoms. The SMILES string of the molecule is COc1cc(NC2CCN(c3ncccc3F)CC2)ncn1. The molecule has 1 saturated heterocycles. The Bertz CT molecular complexity index is 631. The Hall–Kier alpha value is -2.44. The third kappa shape index (κ3) is 3.24. The number of hydrogen-bond acceptors (Lipinski definition) is 6. The zero-order valence-corrected chi connectivity index (χ0v) is 12.4.